The van der Waals surface area contributed by atoms with Crippen LogP contribution in [0.1, 0.15) is 29.9 Å². The molecule has 1 aromatic carbocycles. The molecule has 3 nitrogen and oxygen atoms in total. The molecule has 0 aliphatic carbocycles. The fourth-order valence-electron chi connectivity index (χ4n) is 2.01. The number of halogens is 1. The Balaban J connectivity index is 2.18. The molecule has 0 fully saturated rings. The molecular formula is C15H18ClNO2. The average Bonchev–Trinajstić information content (AvgIpc) is 2.74. The molecule has 0 radical (unpaired) electrons. The molecule has 0 aliphatic heterocycles. The minimum atomic E-state index is -0.553. The molecule has 1 aromatic heterocycles. The van der Waals surface area contributed by atoms with Gasteiger partial charge in [0.05, 0.1) is 12.4 Å². The summed E-state index contributed by atoms with van der Waals surface area (Å²) in [7, 11) is 2.00. The summed E-state index contributed by atoms with van der Waals surface area (Å²) < 4.78 is 5.29. The first-order valence-electron chi connectivity index (χ1n) is 6.20. The van der Waals surface area contributed by atoms with Crippen LogP contribution < -0.4 is 4.90 Å². The van der Waals surface area contributed by atoms with E-state index in [4.69, 9.17) is 16.0 Å². The normalized spacial score (nSPS) is 12.5. The van der Waals surface area contributed by atoms with Gasteiger partial charge in [-0.3, -0.25) is 0 Å². The van der Waals surface area contributed by atoms with Gasteiger partial charge in [0.2, 0.25) is 0 Å². The highest BCUT2D eigenvalue weighted by molar-refractivity contribution is 6.31. The van der Waals surface area contributed by atoms with Gasteiger partial charge in [0.15, 0.2) is 0 Å². The zero-order chi connectivity index (χ0) is 14.0. The lowest BCUT2D eigenvalue weighted by molar-refractivity contribution is 0.199. The van der Waals surface area contributed by atoms with Gasteiger partial charge in [0.1, 0.15) is 5.76 Å². The van der Waals surface area contributed by atoms with Crippen molar-refractivity contribution < 1.29 is 9.52 Å². The zero-order valence-corrected chi connectivity index (χ0v) is 12.1. The standard InChI is InChI=1S/C15H18ClNO2/c1-10(18)14-5-4-13(8-15(14)16)17(3)9-12-6-7-19-11(12)2/h4-8,10,18H,9H2,1-3H3. The van der Waals surface area contributed by atoms with Crippen LogP contribution >= 0.6 is 11.6 Å². The summed E-state index contributed by atoms with van der Waals surface area (Å²) >= 11 is 6.18. The number of benzene rings is 1. The van der Waals surface area contributed by atoms with Crippen LogP contribution in [0.25, 0.3) is 0 Å². The topological polar surface area (TPSA) is 36.6 Å². The molecule has 0 aliphatic rings. The summed E-state index contributed by atoms with van der Waals surface area (Å²) in [5.74, 6) is 0.929. The van der Waals surface area contributed by atoms with Crippen LogP contribution in [-0.4, -0.2) is 12.2 Å². The van der Waals surface area contributed by atoms with Crippen LogP contribution in [0.15, 0.2) is 34.9 Å². The molecule has 0 saturated carbocycles. The lowest BCUT2D eigenvalue weighted by Crippen LogP contribution is -2.16. The number of hydrogen-bond donors (Lipinski definition) is 1. The smallest absolute Gasteiger partial charge is 0.105 e. The molecule has 0 saturated heterocycles. The second-order valence-corrected chi connectivity index (χ2v) is 5.15. The van der Waals surface area contributed by atoms with Gasteiger partial charge in [-0.1, -0.05) is 17.7 Å². The highest BCUT2D eigenvalue weighted by atomic mass is 35.5. The maximum atomic E-state index is 9.57. The minimum absolute atomic E-state index is 0.553. The van der Waals surface area contributed by atoms with Crippen molar-refractivity contribution in [1.29, 1.82) is 0 Å². The molecule has 1 unspecified atom stereocenters. The van der Waals surface area contributed by atoms with E-state index in [0.717, 1.165) is 29.1 Å². The van der Waals surface area contributed by atoms with Crippen LogP contribution in [-0.2, 0) is 6.54 Å². The van der Waals surface area contributed by atoms with Gasteiger partial charge in [-0.05, 0) is 37.6 Å². The predicted octanol–water partition coefficient (Wildman–Crippen LogP) is 3.93. The molecule has 1 atom stereocenters. The summed E-state index contributed by atoms with van der Waals surface area (Å²) in [5, 5.41) is 10.2. The van der Waals surface area contributed by atoms with Crippen molar-refractivity contribution in [3.8, 4) is 0 Å². The van der Waals surface area contributed by atoms with Gasteiger partial charge >= 0.3 is 0 Å². The second kappa shape index (κ2) is 5.68. The van der Waals surface area contributed by atoms with Crippen molar-refractivity contribution >= 4 is 17.3 Å². The van der Waals surface area contributed by atoms with Gasteiger partial charge in [0, 0.05) is 29.9 Å². The number of rotatable bonds is 4. The number of aliphatic hydroxyl groups is 1. The van der Waals surface area contributed by atoms with Crippen LogP contribution in [0.3, 0.4) is 0 Å². The van der Waals surface area contributed by atoms with E-state index in [0.29, 0.717) is 5.02 Å². The Morgan fingerprint density at radius 1 is 1.37 bits per heavy atom. The largest absolute Gasteiger partial charge is 0.469 e. The first-order chi connectivity index (χ1) is 8.99. The Morgan fingerprint density at radius 2 is 2.11 bits per heavy atom. The van der Waals surface area contributed by atoms with E-state index < -0.39 is 6.10 Å². The molecule has 102 valence electrons. The van der Waals surface area contributed by atoms with E-state index in [1.165, 1.54) is 0 Å². The Kier molecular flexibility index (Phi) is 4.17. The van der Waals surface area contributed by atoms with Gasteiger partial charge < -0.3 is 14.4 Å². The Labute approximate surface area is 118 Å². The summed E-state index contributed by atoms with van der Waals surface area (Å²) in [5.41, 5.74) is 2.91. The lowest BCUT2D eigenvalue weighted by atomic mass is 10.1. The van der Waals surface area contributed by atoms with Crippen molar-refractivity contribution in [3.05, 3.63) is 52.4 Å². The van der Waals surface area contributed by atoms with Gasteiger partial charge in [-0.15, -0.1) is 0 Å². The van der Waals surface area contributed by atoms with Crippen molar-refractivity contribution in [2.75, 3.05) is 11.9 Å². The zero-order valence-electron chi connectivity index (χ0n) is 11.4. The first kappa shape index (κ1) is 14.0. The molecule has 0 spiro atoms. The van der Waals surface area contributed by atoms with Crippen LogP contribution in [0, 0.1) is 6.92 Å². The number of anilines is 1. The summed E-state index contributed by atoms with van der Waals surface area (Å²) in [6.45, 7) is 4.42. The second-order valence-electron chi connectivity index (χ2n) is 4.74. The van der Waals surface area contributed by atoms with Crippen LogP contribution in [0.5, 0.6) is 0 Å². The fraction of sp³-hybridized carbons (Fsp3) is 0.333. The average molecular weight is 280 g/mol. The third-order valence-corrected chi connectivity index (χ3v) is 3.58. The maximum absolute atomic E-state index is 9.57. The molecule has 4 heteroatoms. The Bertz CT molecular complexity index is 563. The van der Waals surface area contributed by atoms with E-state index >= 15 is 0 Å². The summed E-state index contributed by atoms with van der Waals surface area (Å²) in [4.78, 5) is 2.09. The third-order valence-electron chi connectivity index (χ3n) is 3.25. The molecule has 1 heterocycles. The Hall–Kier alpha value is -1.45. The highest BCUT2D eigenvalue weighted by Gasteiger charge is 2.10. The van der Waals surface area contributed by atoms with Crippen molar-refractivity contribution in [2.24, 2.45) is 0 Å². The maximum Gasteiger partial charge on any atom is 0.105 e. The molecule has 0 amide bonds. The molecule has 19 heavy (non-hydrogen) atoms. The van der Waals surface area contributed by atoms with Gasteiger partial charge in [-0.25, -0.2) is 0 Å². The number of furan rings is 1. The predicted molar refractivity (Wildman–Crippen MR) is 77.6 cm³/mol. The van der Waals surface area contributed by atoms with Gasteiger partial charge in [-0.2, -0.15) is 0 Å². The van der Waals surface area contributed by atoms with E-state index in [-0.39, 0.29) is 0 Å². The van der Waals surface area contributed by atoms with E-state index in [2.05, 4.69) is 4.90 Å². The highest BCUT2D eigenvalue weighted by Crippen LogP contribution is 2.28. The summed E-state index contributed by atoms with van der Waals surface area (Å²) in [6.07, 6.45) is 1.14. The summed E-state index contributed by atoms with van der Waals surface area (Å²) in [6, 6.07) is 7.67. The SMILES string of the molecule is Cc1occc1CN(C)c1ccc(C(C)O)c(Cl)c1. The molecule has 2 rings (SSSR count). The van der Waals surface area contributed by atoms with Crippen molar-refractivity contribution in [3.63, 3.8) is 0 Å². The first-order valence-corrected chi connectivity index (χ1v) is 6.58. The van der Waals surface area contributed by atoms with Gasteiger partial charge in [0.25, 0.3) is 0 Å². The molecular weight excluding hydrogens is 262 g/mol. The Morgan fingerprint density at radius 3 is 2.63 bits per heavy atom. The molecule has 1 N–H and O–H groups in total. The van der Waals surface area contributed by atoms with Crippen molar-refractivity contribution in [1.82, 2.24) is 0 Å². The third kappa shape index (κ3) is 3.11. The number of nitrogens with zero attached hydrogens (tertiary/aromatic N) is 1. The molecule has 0 bridgehead atoms. The lowest BCUT2D eigenvalue weighted by Gasteiger charge is -2.20. The number of aryl methyl sites for hydroxylation is 1. The number of hydrogen-bond acceptors (Lipinski definition) is 3. The molecule has 2 aromatic rings. The van der Waals surface area contributed by atoms with Crippen LogP contribution in [0.4, 0.5) is 5.69 Å². The minimum Gasteiger partial charge on any atom is -0.469 e. The monoisotopic (exact) mass is 279 g/mol. The van der Waals surface area contributed by atoms with E-state index in [1.54, 1.807) is 13.2 Å². The van der Waals surface area contributed by atoms with Crippen LogP contribution in [0.2, 0.25) is 5.02 Å². The van der Waals surface area contributed by atoms with E-state index in [1.807, 2.05) is 38.2 Å². The van der Waals surface area contributed by atoms with Crippen molar-refractivity contribution in [2.45, 2.75) is 26.5 Å². The quantitative estimate of drug-likeness (QED) is 0.921. The number of aliphatic hydroxyl groups excluding tert-OH is 1. The fourth-order valence-corrected chi connectivity index (χ4v) is 2.35. The van der Waals surface area contributed by atoms with E-state index in [9.17, 15) is 5.11 Å².